The zero-order chi connectivity index (χ0) is 8.97. The Morgan fingerprint density at radius 3 is 2.92 bits per heavy atom. The fraction of sp³-hybridized carbons (Fsp3) is 0.125. The highest BCUT2D eigenvalue weighted by Crippen LogP contribution is 2.16. The van der Waals surface area contributed by atoms with Crippen LogP contribution in [0.15, 0.2) is 18.3 Å². The van der Waals surface area contributed by atoms with E-state index in [9.17, 15) is 0 Å². The van der Waals surface area contributed by atoms with Gasteiger partial charge in [0.05, 0.1) is 0 Å². The van der Waals surface area contributed by atoms with Crippen LogP contribution in [0.5, 0.6) is 0 Å². The minimum Gasteiger partial charge on any atom is -0.398 e. The van der Waals surface area contributed by atoms with Gasteiger partial charge < -0.3 is 5.73 Å². The molecule has 0 radical (unpaired) electrons. The van der Waals surface area contributed by atoms with Gasteiger partial charge in [0.1, 0.15) is 5.15 Å². The first kappa shape index (κ1) is 9.36. The van der Waals surface area contributed by atoms with Crippen LogP contribution in [0.3, 0.4) is 0 Å². The van der Waals surface area contributed by atoms with E-state index in [0.717, 1.165) is 5.56 Å². The minimum absolute atomic E-state index is 0.399. The third-order valence-corrected chi connectivity index (χ3v) is 1.71. The standard InChI is InChI=1S/C8H8Cl2N2/c9-3-1-2-6-5-12-8(10)4-7(6)11/h1-2,4-5H,3H2,(H2,11,12). The highest BCUT2D eigenvalue weighted by atomic mass is 35.5. The number of alkyl halides is 1. The molecule has 0 bridgehead atoms. The Morgan fingerprint density at radius 2 is 2.33 bits per heavy atom. The van der Waals surface area contributed by atoms with Gasteiger partial charge in [0.2, 0.25) is 0 Å². The highest BCUT2D eigenvalue weighted by molar-refractivity contribution is 6.29. The van der Waals surface area contributed by atoms with Gasteiger partial charge in [-0.2, -0.15) is 0 Å². The molecule has 2 nitrogen and oxygen atoms in total. The normalized spacial score (nSPS) is 10.8. The molecule has 12 heavy (non-hydrogen) atoms. The number of hydrogen-bond donors (Lipinski definition) is 1. The molecule has 4 heteroatoms. The van der Waals surface area contributed by atoms with Gasteiger partial charge in [-0.1, -0.05) is 23.8 Å². The van der Waals surface area contributed by atoms with Crippen LogP contribution in [-0.2, 0) is 0 Å². The number of nitrogens with zero attached hydrogens (tertiary/aromatic N) is 1. The first-order valence-corrected chi connectivity index (χ1v) is 4.29. The lowest BCUT2D eigenvalue weighted by atomic mass is 10.2. The van der Waals surface area contributed by atoms with Crippen LogP contribution in [0.1, 0.15) is 5.56 Å². The summed E-state index contributed by atoms with van der Waals surface area (Å²) in [7, 11) is 0. The van der Waals surface area contributed by atoms with Crippen LogP contribution in [0.4, 0.5) is 5.69 Å². The lowest BCUT2D eigenvalue weighted by molar-refractivity contribution is 1.32. The van der Waals surface area contributed by atoms with Gasteiger partial charge in [-0.3, -0.25) is 0 Å². The molecular formula is C8H8Cl2N2. The molecule has 0 aliphatic carbocycles. The highest BCUT2D eigenvalue weighted by Gasteiger charge is 1.95. The maximum Gasteiger partial charge on any atom is 0.131 e. The molecule has 0 saturated carbocycles. The molecule has 1 rings (SSSR count). The molecule has 0 spiro atoms. The number of rotatable bonds is 2. The Morgan fingerprint density at radius 1 is 1.58 bits per heavy atom. The molecule has 0 amide bonds. The van der Waals surface area contributed by atoms with E-state index in [4.69, 9.17) is 28.9 Å². The van der Waals surface area contributed by atoms with Crippen molar-refractivity contribution in [2.75, 3.05) is 11.6 Å². The van der Waals surface area contributed by atoms with Gasteiger partial charge in [-0.25, -0.2) is 4.98 Å². The van der Waals surface area contributed by atoms with E-state index in [1.165, 1.54) is 0 Å². The number of anilines is 1. The van der Waals surface area contributed by atoms with Crippen LogP contribution in [0.2, 0.25) is 5.15 Å². The second-order valence-corrected chi connectivity index (χ2v) is 2.89. The molecule has 1 aromatic heterocycles. The van der Waals surface area contributed by atoms with E-state index in [1.807, 2.05) is 6.08 Å². The van der Waals surface area contributed by atoms with Crippen LogP contribution < -0.4 is 5.73 Å². The molecule has 0 aliphatic rings. The molecule has 0 fully saturated rings. The summed E-state index contributed by atoms with van der Waals surface area (Å²) in [5.74, 6) is 0.460. The molecule has 1 heterocycles. The van der Waals surface area contributed by atoms with Crippen LogP contribution in [0, 0.1) is 0 Å². The predicted octanol–water partition coefficient (Wildman–Crippen LogP) is 2.57. The molecule has 0 atom stereocenters. The first-order chi connectivity index (χ1) is 5.74. The van der Waals surface area contributed by atoms with Crippen molar-refractivity contribution < 1.29 is 0 Å². The van der Waals surface area contributed by atoms with Crippen molar-refractivity contribution in [3.63, 3.8) is 0 Å². The van der Waals surface area contributed by atoms with Crippen molar-refractivity contribution >= 4 is 35.0 Å². The summed E-state index contributed by atoms with van der Waals surface area (Å²) in [4.78, 5) is 3.88. The average molecular weight is 203 g/mol. The molecule has 0 unspecified atom stereocenters. The molecule has 1 aromatic rings. The summed E-state index contributed by atoms with van der Waals surface area (Å²) in [6.45, 7) is 0. The number of halogens is 2. The largest absolute Gasteiger partial charge is 0.398 e. The lowest BCUT2D eigenvalue weighted by Gasteiger charge is -1.98. The number of allylic oxidation sites excluding steroid dienone is 1. The number of nitrogen functional groups attached to an aromatic ring is 1. The summed E-state index contributed by atoms with van der Waals surface area (Å²) >= 11 is 11.1. The average Bonchev–Trinajstić information content (AvgIpc) is 2.03. The maximum absolute atomic E-state index is 5.64. The minimum atomic E-state index is 0.399. The van der Waals surface area contributed by atoms with Crippen molar-refractivity contribution in [3.05, 3.63) is 29.1 Å². The topological polar surface area (TPSA) is 38.9 Å². The summed E-state index contributed by atoms with van der Waals surface area (Å²) < 4.78 is 0. The molecular weight excluding hydrogens is 195 g/mol. The quantitative estimate of drug-likeness (QED) is 0.592. The predicted molar refractivity (Wildman–Crippen MR) is 53.4 cm³/mol. The van der Waals surface area contributed by atoms with Crippen molar-refractivity contribution in [2.24, 2.45) is 0 Å². The molecule has 0 aromatic carbocycles. The zero-order valence-corrected chi connectivity index (χ0v) is 7.81. The van der Waals surface area contributed by atoms with E-state index >= 15 is 0 Å². The van der Waals surface area contributed by atoms with Gasteiger partial charge in [0.25, 0.3) is 0 Å². The van der Waals surface area contributed by atoms with Gasteiger partial charge in [0.15, 0.2) is 0 Å². The van der Waals surface area contributed by atoms with E-state index in [1.54, 1.807) is 18.3 Å². The zero-order valence-electron chi connectivity index (χ0n) is 6.30. The maximum atomic E-state index is 5.64. The van der Waals surface area contributed by atoms with E-state index in [0.29, 0.717) is 16.7 Å². The van der Waals surface area contributed by atoms with E-state index < -0.39 is 0 Å². The fourth-order valence-corrected chi connectivity index (χ4v) is 1.02. The number of hydrogen-bond acceptors (Lipinski definition) is 2. The number of aromatic nitrogens is 1. The van der Waals surface area contributed by atoms with E-state index in [-0.39, 0.29) is 0 Å². The smallest absolute Gasteiger partial charge is 0.131 e. The second kappa shape index (κ2) is 4.33. The summed E-state index contributed by atoms with van der Waals surface area (Å²) in [5, 5.41) is 0.399. The monoisotopic (exact) mass is 202 g/mol. The van der Waals surface area contributed by atoms with Crippen LogP contribution >= 0.6 is 23.2 Å². The SMILES string of the molecule is Nc1cc(Cl)ncc1C=CCCl. The van der Waals surface area contributed by atoms with E-state index in [2.05, 4.69) is 4.98 Å². The Labute approximate surface area is 81.0 Å². The van der Waals surface area contributed by atoms with Gasteiger partial charge in [-0.15, -0.1) is 11.6 Å². The summed E-state index contributed by atoms with van der Waals surface area (Å²) in [6, 6.07) is 1.61. The Kier molecular flexibility index (Phi) is 3.38. The Bertz CT molecular complexity index is 297. The Balaban J connectivity index is 2.94. The summed E-state index contributed by atoms with van der Waals surface area (Å²) in [6.07, 6.45) is 5.22. The lowest BCUT2D eigenvalue weighted by Crippen LogP contribution is -1.90. The number of nitrogens with two attached hydrogens (primary N) is 1. The van der Waals surface area contributed by atoms with Crippen LogP contribution in [-0.4, -0.2) is 10.9 Å². The van der Waals surface area contributed by atoms with Crippen LogP contribution in [0.25, 0.3) is 6.08 Å². The van der Waals surface area contributed by atoms with Gasteiger partial charge in [0, 0.05) is 23.3 Å². The molecule has 0 aliphatic heterocycles. The third kappa shape index (κ3) is 2.40. The molecule has 2 N–H and O–H groups in total. The van der Waals surface area contributed by atoms with Gasteiger partial charge >= 0.3 is 0 Å². The number of pyridine rings is 1. The molecule has 64 valence electrons. The third-order valence-electron chi connectivity index (χ3n) is 1.32. The Hall–Kier alpha value is -0.730. The van der Waals surface area contributed by atoms with Crippen molar-refractivity contribution in [3.8, 4) is 0 Å². The fourth-order valence-electron chi connectivity index (χ4n) is 0.765. The second-order valence-electron chi connectivity index (χ2n) is 2.19. The first-order valence-electron chi connectivity index (χ1n) is 3.37. The molecule has 0 saturated heterocycles. The van der Waals surface area contributed by atoms with Crippen molar-refractivity contribution in [2.45, 2.75) is 0 Å². The van der Waals surface area contributed by atoms with Gasteiger partial charge in [-0.05, 0) is 6.07 Å². The van der Waals surface area contributed by atoms with Crippen molar-refractivity contribution in [1.29, 1.82) is 0 Å². The van der Waals surface area contributed by atoms with Crippen molar-refractivity contribution in [1.82, 2.24) is 4.98 Å². The summed E-state index contributed by atoms with van der Waals surface area (Å²) in [5.41, 5.74) is 7.08.